The van der Waals surface area contributed by atoms with Gasteiger partial charge in [-0.2, -0.15) is 0 Å². The molecule has 0 radical (unpaired) electrons. The van der Waals surface area contributed by atoms with Crippen molar-refractivity contribution < 1.29 is 13.9 Å². The summed E-state index contributed by atoms with van der Waals surface area (Å²) in [7, 11) is 3.40. The first kappa shape index (κ1) is 19.5. The number of ether oxygens (including phenoxy) is 2. The summed E-state index contributed by atoms with van der Waals surface area (Å²) in [5.41, 5.74) is 6.63. The van der Waals surface area contributed by atoms with E-state index in [9.17, 15) is 0 Å². The van der Waals surface area contributed by atoms with E-state index in [2.05, 4.69) is 67.6 Å². The van der Waals surface area contributed by atoms with Crippen molar-refractivity contribution in [2.45, 2.75) is 26.2 Å². The van der Waals surface area contributed by atoms with E-state index in [1.807, 2.05) is 18.2 Å². The van der Waals surface area contributed by atoms with Gasteiger partial charge in [-0.25, -0.2) is 0 Å². The van der Waals surface area contributed by atoms with E-state index in [0.717, 1.165) is 44.3 Å². The van der Waals surface area contributed by atoms with Gasteiger partial charge in [0.1, 0.15) is 22.6 Å². The van der Waals surface area contributed by atoms with Gasteiger partial charge < -0.3 is 18.3 Å². The molecule has 4 aromatic carbocycles. The summed E-state index contributed by atoms with van der Waals surface area (Å²) in [5.74, 6) is 1.66. The van der Waals surface area contributed by atoms with Crippen LogP contribution in [0.5, 0.6) is 11.5 Å². The highest BCUT2D eigenvalue weighted by Gasteiger charge is 2.26. The summed E-state index contributed by atoms with van der Waals surface area (Å²) in [6.45, 7) is 6.79. The zero-order valence-electron chi connectivity index (χ0n) is 19.9. The maximum Gasteiger partial charge on any atom is 0.161 e. The van der Waals surface area contributed by atoms with E-state index >= 15 is 0 Å². The molecule has 4 heteroatoms. The van der Waals surface area contributed by atoms with Crippen molar-refractivity contribution in [2.24, 2.45) is 0 Å². The standard InChI is InChI=1S/C30H25NO3/c1-30(2,3)17-13-23-21-9-6-16-12-18(32-4)7-10-20(16)26(21)31-27(23)24(14-17)29-28(31)22-11-8-19(33-5)15-25(22)34-29/h6-15H,1-5H3. The number of hydrogen-bond donors (Lipinski definition) is 0. The lowest BCUT2D eigenvalue weighted by molar-refractivity contribution is 0.414. The first-order valence-electron chi connectivity index (χ1n) is 11.6. The van der Waals surface area contributed by atoms with Crippen LogP contribution in [0.25, 0.3) is 60.0 Å². The van der Waals surface area contributed by atoms with Gasteiger partial charge in [0.15, 0.2) is 5.58 Å². The van der Waals surface area contributed by atoms with Crippen LogP contribution in [0, 0.1) is 0 Å². The topological polar surface area (TPSA) is 36.0 Å². The Kier molecular flexibility index (Phi) is 3.65. The second-order valence-electron chi connectivity index (χ2n) is 10.2. The lowest BCUT2D eigenvalue weighted by atomic mass is 9.85. The Hall–Kier alpha value is -3.92. The molecule has 0 aliphatic rings. The Bertz CT molecular complexity index is 1910. The van der Waals surface area contributed by atoms with Gasteiger partial charge in [0.25, 0.3) is 0 Å². The van der Waals surface area contributed by atoms with Crippen LogP contribution < -0.4 is 9.47 Å². The Labute approximate surface area is 196 Å². The molecule has 0 unspecified atom stereocenters. The van der Waals surface area contributed by atoms with Crippen LogP contribution in [0.3, 0.4) is 0 Å². The molecule has 4 nitrogen and oxygen atoms in total. The monoisotopic (exact) mass is 447 g/mol. The lowest BCUT2D eigenvalue weighted by Crippen LogP contribution is -2.10. The third-order valence-electron chi connectivity index (χ3n) is 7.25. The summed E-state index contributed by atoms with van der Waals surface area (Å²) in [6.07, 6.45) is 0. The molecule has 0 spiro atoms. The normalized spacial score (nSPS) is 12.9. The largest absolute Gasteiger partial charge is 0.497 e. The molecule has 0 saturated carbocycles. The molecule has 0 N–H and O–H groups in total. The highest BCUT2D eigenvalue weighted by atomic mass is 16.5. The second kappa shape index (κ2) is 6.35. The van der Waals surface area contributed by atoms with E-state index in [4.69, 9.17) is 13.9 Å². The minimum absolute atomic E-state index is 0.0152. The average Bonchev–Trinajstić information content (AvgIpc) is 3.47. The molecule has 3 heterocycles. The zero-order chi connectivity index (χ0) is 23.4. The Morgan fingerprint density at radius 1 is 0.647 bits per heavy atom. The third-order valence-corrected chi connectivity index (χ3v) is 7.25. The van der Waals surface area contributed by atoms with Crippen LogP contribution in [-0.2, 0) is 5.41 Å². The number of hydrogen-bond acceptors (Lipinski definition) is 3. The molecule has 0 aliphatic heterocycles. The number of methoxy groups -OCH3 is 2. The summed E-state index contributed by atoms with van der Waals surface area (Å²) >= 11 is 0. The molecule has 0 fully saturated rings. The van der Waals surface area contributed by atoms with Gasteiger partial charge in [-0.15, -0.1) is 0 Å². The zero-order valence-corrected chi connectivity index (χ0v) is 19.9. The smallest absolute Gasteiger partial charge is 0.161 e. The van der Waals surface area contributed by atoms with E-state index in [1.54, 1.807) is 14.2 Å². The molecular weight excluding hydrogens is 422 g/mol. The summed E-state index contributed by atoms with van der Waals surface area (Å²) < 4.78 is 19.9. The molecule has 7 rings (SSSR count). The molecule has 0 bridgehead atoms. The fraction of sp³-hybridized carbons (Fsp3) is 0.200. The number of fused-ring (bicyclic) bond motifs is 10. The van der Waals surface area contributed by atoms with Crippen LogP contribution in [0.2, 0.25) is 0 Å². The van der Waals surface area contributed by atoms with Gasteiger partial charge >= 0.3 is 0 Å². The molecule has 168 valence electrons. The van der Waals surface area contributed by atoms with Crippen LogP contribution in [0.1, 0.15) is 26.3 Å². The fourth-order valence-electron chi connectivity index (χ4n) is 5.49. The van der Waals surface area contributed by atoms with Gasteiger partial charge in [0.05, 0.1) is 25.3 Å². The van der Waals surface area contributed by atoms with Gasteiger partial charge in [-0.1, -0.05) is 32.9 Å². The second-order valence-corrected chi connectivity index (χ2v) is 10.2. The van der Waals surface area contributed by atoms with Crippen molar-refractivity contribution in [3.8, 4) is 11.5 Å². The van der Waals surface area contributed by atoms with Crippen LogP contribution >= 0.6 is 0 Å². The van der Waals surface area contributed by atoms with Crippen LogP contribution in [-0.4, -0.2) is 18.6 Å². The number of rotatable bonds is 2. The highest BCUT2D eigenvalue weighted by molar-refractivity contribution is 6.29. The first-order chi connectivity index (χ1) is 16.4. The predicted octanol–water partition coefficient (Wildman–Crippen LogP) is 8.05. The molecule has 34 heavy (non-hydrogen) atoms. The van der Waals surface area contributed by atoms with Gasteiger partial charge in [-0.05, 0) is 58.8 Å². The predicted molar refractivity (Wildman–Crippen MR) is 140 cm³/mol. The van der Waals surface area contributed by atoms with Crippen molar-refractivity contribution in [3.05, 3.63) is 66.2 Å². The number of nitrogens with zero attached hydrogens (tertiary/aromatic N) is 1. The Morgan fingerprint density at radius 3 is 2.03 bits per heavy atom. The minimum Gasteiger partial charge on any atom is -0.497 e. The number of benzene rings is 4. The SMILES string of the molecule is COc1ccc2c(ccc3c4cc(C(C)(C)C)cc5c6oc7cc(OC)ccc7c6n(c23)c45)c1. The summed E-state index contributed by atoms with van der Waals surface area (Å²) in [5, 5.41) is 7.13. The van der Waals surface area contributed by atoms with Crippen molar-refractivity contribution in [1.29, 1.82) is 0 Å². The molecule has 0 saturated heterocycles. The van der Waals surface area contributed by atoms with Crippen molar-refractivity contribution in [2.75, 3.05) is 14.2 Å². The number of aromatic nitrogens is 1. The maximum absolute atomic E-state index is 6.53. The molecule has 7 aromatic rings. The molecule has 3 aromatic heterocycles. The molecule has 0 atom stereocenters. The van der Waals surface area contributed by atoms with E-state index < -0.39 is 0 Å². The van der Waals surface area contributed by atoms with E-state index in [0.29, 0.717) is 0 Å². The van der Waals surface area contributed by atoms with E-state index in [-0.39, 0.29) is 5.41 Å². The van der Waals surface area contributed by atoms with E-state index in [1.165, 1.54) is 32.8 Å². The molecule has 0 amide bonds. The van der Waals surface area contributed by atoms with Crippen LogP contribution in [0.4, 0.5) is 0 Å². The quantitative estimate of drug-likeness (QED) is 0.269. The first-order valence-corrected chi connectivity index (χ1v) is 11.6. The van der Waals surface area contributed by atoms with Crippen molar-refractivity contribution in [3.63, 3.8) is 0 Å². The fourth-order valence-corrected chi connectivity index (χ4v) is 5.49. The Morgan fingerprint density at radius 2 is 1.29 bits per heavy atom. The Balaban J connectivity index is 1.78. The summed E-state index contributed by atoms with van der Waals surface area (Å²) in [6, 6.07) is 21.6. The van der Waals surface area contributed by atoms with Crippen molar-refractivity contribution in [1.82, 2.24) is 4.40 Å². The van der Waals surface area contributed by atoms with Crippen molar-refractivity contribution >= 4 is 60.0 Å². The number of furan rings is 1. The van der Waals surface area contributed by atoms with Gasteiger partial charge in [0, 0.05) is 33.0 Å². The van der Waals surface area contributed by atoms with Crippen LogP contribution in [0.15, 0.2) is 65.1 Å². The summed E-state index contributed by atoms with van der Waals surface area (Å²) in [4.78, 5) is 0. The lowest BCUT2D eigenvalue weighted by Gasteiger charge is -2.19. The average molecular weight is 448 g/mol. The maximum atomic E-state index is 6.53. The molecule has 0 aliphatic carbocycles. The van der Waals surface area contributed by atoms with Gasteiger partial charge in [0.2, 0.25) is 0 Å². The molecular formula is C30H25NO3. The highest BCUT2D eigenvalue weighted by Crippen LogP contribution is 2.46. The third kappa shape index (κ3) is 2.38. The van der Waals surface area contributed by atoms with Gasteiger partial charge in [-0.3, -0.25) is 0 Å². The minimum atomic E-state index is 0.0152.